The summed E-state index contributed by atoms with van der Waals surface area (Å²) >= 11 is 0. The van der Waals surface area contributed by atoms with E-state index in [0.29, 0.717) is 5.75 Å². The van der Waals surface area contributed by atoms with E-state index in [4.69, 9.17) is 9.84 Å². The second-order valence-corrected chi connectivity index (χ2v) is 3.10. The summed E-state index contributed by atoms with van der Waals surface area (Å²) < 4.78 is 5.08. The third-order valence-electron chi connectivity index (χ3n) is 1.75. The standard InChI is InChI=1S/C10H12N2O4/c1-7(10(14)15)12-9(13)6-16-8-3-2-4-11-5-8/h2-5,7H,6H2,1H3,(H,12,13)(H,14,15)/t7-/m0/s1. The lowest BCUT2D eigenvalue weighted by Gasteiger charge is -2.09. The maximum Gasteiger partial charge on any atom is 0.325 e. The number of rotatable bonds is 5. The third-order valence-corrected chi connectivity index (χ3v) is 1.75. The Kier molecular flexibility index (Phi) is 4.26. The van der Waals surface area contributed by atoms with Crippen molar-refractivity contribution in [1.82, 2.24) is 10.3 Å². The molecule has 0 bridgehead atoms. The topological polar surface area (TPSA) is 88.5 Å². The van der Waals surface area contributed by atoms with Gasteiger partial charge in [0.05, 0.1) is 6.20 Å². The summed E-state index contributed by atoms with van der Waals surface area (Å²) in [4.78, 5) is 25.5. The predicted molar refractivity (Wildman–Crippen MR) is 55.0 cm³/mol. The quantitative estimate of drug-likeness (QED) is 0.737. The van der Waals surface area contributed by atoms with Crippen LogP contribution in [0.25, 0.3) is 0 Å². The fraction of sp³-hybridized carbons (Fsp3) is 0.300. The molecule has 0 radical (unpaired) electrons. The van der Waals surface area contributed by atoms with E-state index in [0.717, 1.165) is 0 Å². The van der Waals surface area contributed by atoms with Crippen LogP contribution >= 0.6 is 0 Å². The minimum Gasteiger partial charge on any atom is -0.482 e. The Bertz CT molecular complexity index is 366. The molecule has 16 heavy (non-hydrogen) atoms. The van der Waals surface area contributed by atoms with Crippen molar-refractivity contribution in [2.24, 2.45) is 0 Å². The first-order valence-corrected chi connectivity index (χ1v) is 4.64. The number of hydrogen-bond acceptors (Lipinski definition) is 4. The molecular formula is C10H12N2O4. The molecule has 86 valence electrons. The second kappa shape index (κ2) is 5.69. The van der Waals surface area contributed by atoms with Gasteiger partial charge in [0.15, 0.2) is 6.61 Å². The molecule has 0 aliphatic rings. The second-order valence-electron chi connectivity index (χ2n) is 3.10. The first-order valence-electron chi connectivity index (χ1n) is 4.64. The Morgan fingerprint density at radius 2 is 2.38 bits per heavy atom. The van der Waals surface area contributed by atoms with Crippen LogP contribution in [0.15, 0.2) is 24.5 Å². The number of carbonyl (C=O) groups excluding carboxylic acids is 1. The van der Waals surface area contributed by atoms with Crippen LogP contribution in [0.3, 0.4) is 0 Å². The maximum atomic E-state index is 11.2. The molecule has 0 fully saturated rings. The van der Waals surface area contributed by atoms with E-state index < -0.39 is 17.9 Å². The van der Waals surface area contributed by atoms with E-state index in [1.165, 1.54) is 13.1 Å². The van der Waals surface area contributed by atoms with E-state index in [1.54, 1.807) is 18.3 Å². The summed E-state index contributed by atoms with van der Waals surface area (Å²) in [6.07, 6.45) is 3.05. The third kappa shape index (κ3) is 3.95. The zero-order valence-electron chi connectivity index (χ0n) is 8.71. The number of carbonyl (C=O) groups is 2. The number of carboxylic acids is 1. The molecule has 1 heterocycles. The fourth-order valence-electron chi connectivity index (χ4n) is 0.926. The molecule has 1 aromatic heterocycles. The van der Waals surface area contributed by atoms with Gasteiger partial charge in [-0.1, -0.05) is 0 Å². The summed E-state index contributed by atoms with van der Waals surface area (Å²) in [5, 5.41) is 10.8. The van der Waals surface area contributed by atoms with Gasteiger partial charge in [-0.2, -0.15) is 0 Å². The van der Waals surface area contributed by atoms with Crippen molar-refractivity contribution in [1.29, 1.82) is 0 Å². The fourth-order valence-corrected chi connectivity index (χ4v) is 0.926. The molecule has 1 aromatic rings. The predicted octanol–water partition coefficient (Wildman–Crippen LogP) is 0.0497. The lowest BCUT2D eigenvalue weighted by molar-refractivity contribution is -0.141. The van der Waals surface area contributed by atoms with Gasteiger partial charge in [-0.25, -0.2) is 0 Å². The Morgan fingerprint density at radius 1 is 1.62 bits per heavy atom. The minimum absolute atomic E-state index is 0.233. The van der Waals surface area contributed by atoms with Crippen molar-refractivity contribution >= 4 is 11.9 Å². The van der Waals surface area contributed by atoms with Gasteiger partial charge in [-0.3, -0.25) is 14.6 Å². The molecule has 2 N–H and O–H groups in total. The van der Waals surface area contributed by atoms with Crippen LogP contribution in [-0.2, 0) is 9.59 Å². The molecular weight excluding hydrogens is 212 g/mol. The molecule has 0 aliphatic carbocycles. The zero-order chi connectivity index (χ0) is 12.0. The molecule has 1 amide bonds. The van der Waals surface area contributed by atoms with Gasteiger partial charge in [-0.05, 0) is 19.1 Å². The Hall–Kier alpha value is -2.11. The van der Waals surface area contributed by atoms with Crippen molar-refractivity contribution in [2.45, 2.75) is 13.0 Å². The summed E-state index contributed by atoms with van der Waals surface area (Å²) in [5.41, 5.74) is 0. The van der Waals surface area contributed by atoms with Gasteiger partial charge in [0.1, 0.15) is 11.8 Å². The molecule has 1 rings (SSSR count). The number of aliphatic carboxylic acids is 1. The lowest BCUT2D eigenvalue weighted by Crippen LogP contribution is -2.40. The van der Waals surface area contributed by atoms with E-state index in [-0.39, 0.29) is 6.61 Å². The average Bonchev–Trinajstić information content (AvgIpc) is 2.27. The molecule has 0 saturated heterocycles. The summed E-state index contributed by atoms with van der Waals surface area (Å²) in [6.45, 7) is 1.15. The lowest BCUT2D eigenvalue weighted by atomic mass is 10.3. The highest BCUT2D eigenvalue weighted by Gasteiger charge is 2.13. The first kappa shape index (κ1) is 12.0. The summed E-state index contributed by atoms with van der Waals surface area (Å²) in [6, 6.07) is 2.40. The minimum atomic E-state index is -1.09. The van der Waals surface area contributed by atoms with Crippen molar-refractivity contribution < 1.29 is 19.4 Å². The number of carboxylic acid groups (broad SMARTS) is 1. The van der Waals surface area contributed by atoms with Crippen molar-refractivity contribution in [2.75, 3.05) is 6.61 Å². The zero-order valence-corrected chi connectivity index (χ0v) is 8.71. The van der Waals surface area contributed by atoms with Gasteiger partial charge in [0.2, 0.25) is 0 Å². The van der Waals surface area contributed by atoms with E-state index in [9.17, 15) is 9.59 Å². The number of amides is 1. The summed E-state index contributed by atoms with van der Waals surface area (Å²) in [5.74, 6) is -1.12. The van der Waals surface area contributed by atoms with Crippen molar-refractivity contribution in [3.63, 3.8) is 0 Å². The maximum absolute atomic E-state index is 11.2. The monoisotopic (exact) mass is 224 g/mol. The van der Waals surface area contributed by atoms with Crippen molar-refractivity contribution in [3.05, 3.63) is 24.5 Å². The largest absolute Gasteiger partial charge is 0.482 e. The van der Waals surface area contributed by atoms with Crippen LogP contribution in [0.5, 0.6) is 5.75 Å². The first-order chi connectivity index (χ1) is 7.59. The van der Waals surface area contributed by atoms with Crippen LogP contribution in [0, 0.1) is 0 Å². The van der Waals surface area contributed by atoms with Crippen molar-refractivity contribution in [3.8, 4) is 5.75 Å². The van der Waals surface area contributed by atoms with Gasteiger partial charge in [-0.15, -0.1) is 0 Å². The van der Waals surface area contributed by atoms with E-state index in [1.807, 2.05) is 0 Å². The Balaban J connectivity index is 2.33. The summed E-state index contributed by atoms with van der Waals surface area (Å²) in [7, 11) is 0. The van der Waals surface area contributed by atoms with E-state index in [2.05, 4.69) is 10.3 Å². The van der Waals surface area contributed by atoms with Crippen LogP contribution in [-0.4, -0.2) is 34.6 Å². The molecule has 1 atom stereocenters. The van der Waals surface area contributed by atoms with Gasteiger partial charge in [0.25, 0.3) is 5.91 Å². The van der Waals surface area contributed by atoms with Gasteiger partial charge in [0, 0.05) is 6.20 Å². The number of nitrogens with zero attached hydrogens (tertiary/aromatic N) is 1. The molecule has 6 nitrogen and oxygen atoms in total. The molecule has 0 aromatic carbocycles. The van der Waals surface area contributed by atoms with Crippen LogP contribution in [0.4, 0.5) is 0 Å². The number of nitrogens with one attached hydrogen (secondary N) is 1. The highest BCUT2D eigenvalue weighted by molar-refractivity contribution is 5.84. The van der Waals surface area contributed by atoms with Crippen LogP contribution in [0.1, 0.15) is 6.92 Å². The van der Waals surface area contributed by atoms with Gasteiger partial charge < -0.3 is 15.2 Å². The smallest absolute Gasteiger partial charge is 0.325 e. The highest BCUT2D eigenvalue weighted by Crippen LogP contribution is 2.05. The number of ether oxygens (including phenoxy) is 1. The van der Waals surface area contributed by atoms with E-state index >= 15 is 0 Å². The number of pyridine rings is 1. The molecule has 0 spiro atoms. The van der Waals surface area contributed by atoms with Crippen LogP contribution in [0.2, 0.25) is 0 Å². The highest BCUT2D eigenvalue weighted by atomic mass is 16.5. The average molecular weight is 224 g/mol. The van der Waals surface area contributed by atoms with Crippen LogP contribution < -0.4 is 10.1 Å². The Morgan fingerprint density at radius 3 is 2.94 bits per heavy atom. The SMILES string of the molecule is C[C@H](NC(=O)COc1cccnc1)C(=O)O. The Labute approximate surface area is 92.3 Å². The molecule has 6 heteroatoms. The number of hydrogen-bond donors (Lipinski definition) is 2. The molecule has 0 unspecified atom stereocenters. The van der Waals surface area contributed by atoms with Gasteiger partial charge >= 0.3 is 5.97 Å². The number of aromatic nitrogens is 1. The molecule has 0 saturated carbocycles. The normalized spacial score (nSPS) is 11.6. The molecule has 0 aliphatic heterocycles.